The van der Waals surface area contributed by atoms with Crippen molar-refractivity contribution < 1.29 is 0 Å². The second-order valence-corrected chi connectivity index (χ2v) is 5.17. The van der Waals surface area contributed by atoms with Crippen LogP contribution in [0.4, 0.5) is 0 Å². The smallest absolute Gasteiger partial charge is 0.00386 e. The summed E-state index contributed by atoms with van der Waals surface area (Å²) in [5.41, 5.74) is 5.57. The Morgan fingerprint density at radius 2 is 1.75 bits per heavy atom. The Balaban J connectivity index is 2.10. The molecular formula is C13H29N3. The molecule has 0 radical (unpaired) electrons. The first kappa shape index (κ1) is 13.9. The van der Waals surface area contributed by atoms with E-state index in [1.54, 1.807) is 0 Å². The highest BCUT2D eigenvalue weighted by Crippen LogP contribution is 2.08. The van der Waals surface area contributed by atoms with E-state index in [-0.39, 0.29) is 0 Å². The molecule has 16 heavy (non-hydrogen) atoms. The molecule has 0 atom stereocenters. The normalized spacial score (nSPS) is 17.8. The topological polar surface area (TPSA) is 32.5 Å². The van der Waals surface area contributed by atoms with Crippen molar-refractivity contribution in [3.8, 4) is 0 Å². The summed E-state index contributed by atoms with van der Waals surface area (Å²) < 4.78 is 0. The molecule has 0 aliphatic carbocycles. The minimum absolute atomic E-state index is 0.658. The third-order valence-electron chi connectivity index (χ3n) is 3.50. The molecule has 2 N–H and O–H groups in total. The highest BCUT2D eigenvalue weighted by Gasteiger charge is 2.12. The molecule has 0 spiro atoms. The van der Waals surface area contributed by atoms with Crippen LogP contribution in [0, 0.1) is 0 Å². The summed E-state index contributed by atoms with van der Waals surface area (Å²) in [7, 11) is 0. The van der Waals surface area contributed by atoms with Crippen molar-refractivity contribution >= 4 is 0 Å². The van der Waals surface area contributed by atoms with Gasteiger partial charge in [-0.25, -0.2) is 0 Å². The van der Waals surface area contributed by atoms with Crippen molar-refractivity contribution in [1.29, 1.82) is 0 Å². The lowest BCUT2D eigenvalue weighted by atomic mass is 10.2. The maximum absolute atomic E-state index is 5.57. The van der Waals surface area contributed by atoms with Gasteiger partial charge in [-0.2, -0.15) is 0 Å². The molecule has 1 rings (SSSR count). The van der Waals surface area contributed by atoms with E-state index in [1.807, 2.05) is 0 Å². The average molecular weight is 227 g/mol. The van der Waals surface area contributed by atoms with Gasteiger partial charge in [0.05, 0.1) is 0 Å². The monoisotopic (exact) mass is 227 g/mol. The average Bonchev–Trinajstić information content (AvgIpc) is 2.75. The molecule has 0 saturated carbocycles. The van der Waals surface area contributed by atoms with E-state index in [2.05, 4.69) is 23.6 Å². The van der Waals surface area contributed by atoms with Gasteiger partial charge in [-0.1, -0.05) is 0 Å². The summed E-state index contributed by atoms with van der Waals surface area (Å²) in [5, 5.41) is 0. The molecule has 3 heteroatoms. The summed E-state index contributed by atoms with van der Waals surface area (Å²) in [5.74, 6) is 0. The highest BCUT2D eigenvalue weighted by molar-refractivity contribution is 4.68. The Morgan fingerprint density at radius 3 is 2.31 bits per heavy atom. The molecule has 3 nitrogen and oxygen atoms in total. The second-order valence-electron chi connectivity index (χ2n) is 5.17. The van der Waals surface area contributed by atoms with Gasteiger partial charge in [0.1, 0.15) is 0 Å². The van der Waals surface area contributed by atoms with Gasteiger partial charge in [0.2, 0.25) is 0 Å². The standard InChI is InChI=1S/C13H29N3/c1-13(2)16(11-5-7-14)12-6-10-15-8-3-4-9-15/h13H,3-12,14H2,1-2H3. The zero-order chi connectivity index (χ0) is 11.8. The van der Waals surface area contributed by atoms with Gasteiger partial charge in [0.15, 0.2) is 0 Å². The van der Waals surface area contributed by atoms with Crippen LogP contribution in [-0.4, -0.2) is 55.1 Å². The predicted octanol–water partition coefficient (Wildman–Crippen LogP) is 1.53. The quantitative estimate of drug-likeness (QED) is 0.682. The molecular weight excluding hydrogens is 198 g/mol. The zero-order valence-electron chi connectivity index (χ0n) is 11.1. The van der Waals surface area contributed by atoms with E-state index in [1.165, 1.54) is 45.4 Å². The van der Waals surface area contributed by atoms with E-state index in [9.17, 15) is 0 Å². The van der Waals surface area contributed by atoms with Gasteiger partial charge >= 0.3 is 0 Å². The van der Waals surface area contributed by atoms with Crippen LogP contribution in [0.5, 0.6) is 0 Å². The van der Waals surface area contributed by atoms with Crippen LogP contribution >= 0.6 is 0 Å². The molecule has 0 amide bonds. The fourth-order valence-electron chi connectivity index (χ4n) is 2.43. The zero-order valence-corrected chi connectivity index (χ0v) is 11.1. The van der Waals surface area contributed by atoms with Crippen molar-refractivity contribution in [3.05, 3.63) is 0 Å². The van der Waals surface area contributed by atoms with E-state index in [0.717, 1.165) is 19.5 Å². The molecule has 0 bridgehead atoms. The SMILES string of the molecule is CC(C)N(CCCN)CCCN1CCCC1. The maximum atomic E-state index is 5.57. The summed E-state index contributed by atoms with van der Waals surface area (Å²) >= 11 is 0. The Kier molecular flexibility index (Phi) is 7.01. The molecule has 1 fully saturated rings. The van der Waals surface area contributed by atoms with Crippen LogP contribution in [0.3, 0.4) is 0 Å². The van der Waals surface area contributed by atoms with Crippen LogP contribution < -0.4 is 5.73 Å². The van der Waals surface area contributed by atoms with Crippen LogP contribution in [0.15, 0.2) is 0 Å². The fourth-order valence-corrected chi connectivity index (χ4v) is 2.43. The highest BCUT2D eigenvalue weighted by atomic mass is 15.2. The van der Waals surface area contributed by atoms with Crippen molar-refractivity contribution in [2.45, 2.75) is 45.6 Å². The first-order valence-corrected chi connectivity index (χ1v) is 6.90. The van der Waals surface area contributed by atoms with Crippen molar-refractivity contribution in [2.75, 3.05) is 39.3 Å². The number of nitrogens with two attached hydrogens (primary N) is 1. The molecule has 0 aromatic rings. The number of hydrogen-bond donors (Lipinski definition) is 1. The number of nitrogens with zero attached hydrogens (tertiary/aromatic N) is 2. The molecule has 1 aliphatic rings. The molecule has 1 heterocycles. The Morgan fingerprint density at radius 1 is 1.12 bits per heavy atom. The summed E-state index contributed by atoms with van der Waals surface area (Å²) in [6.45, 7) is 11.7. The summed E-state index contributed by atoms with van der Waals surface area (Å²) in [4.78, 5) is 5.16. The van der Waals surface area contributed by atoms with Gasteiger partial charge in [-0.15, -0.1) is 0 Å². The second kappa shape index (κ2) is 8.04. The predicted molar refractivity (Wildman–Crippen MR) is 70.7 cm³/mol. The van der Waals surface area contributed by atoms with Crippen LogP contribution in [0.25, 0.3) is 0 Å². The van der Waals surface area contributed by atoms with Crippen molar-refractivity contribution in [3.63, 3.8) is 0 Å². The number of likely N-dealkylation sites (tertiary alicyclic amines) is 1. The van der Waals surface area contributed by atoms with E-state index in [4.69, 9.17) is 5.73 Å². The Labute approximate surface area is 101 Å². The fraction of sp³-hybridized carbons (Fsp3) is 1.00. The third kappa shape index (κ3) is 5.28. The Hall–Kier alpha value is -0.120. The van der Waals surface area contributed by atoms with Gasteiger partial charge in [0, 0.05) is 6.04 Å². The molecule has 0 aromatic carbocycles. The minimum Gasteiger partial charge on any atom is -0.330 e. The lowest BCUT2D eigenvalue weighted by molar-refractivity contribution is 0.204. The maximum Gasteiger partial charge on any atom is 0.00386 e. The van der Waals surface area contributed by atoms with E-state index in [0.29, 0.717) is 6.04 Å². The van der Waals surface area contributed by atoms with Gasteiger partial charge in [-0.05, 0) is 78.8 Å². The van der Waals surface area contributed by atoms with Gasteiger partial charge in [0.25, 0.3) is 0 Å². The van der Waals surface area contributed by atoms with Crippen LogP contribution in [0.2, 0.25) is 0 Å². The molecule has 96 valence electrons. The van der Waals surface area contributed by atoms with Gasteiger partial charge < -0.3 is 15.5 Å². The molecule has 1 saturated heterocycles. The number of hydrogen-bond acceptors (Lipinski definition) is 3. The number of rotatable bonds is 8. The Bertz CT molecular complexity index is 165. The largest absolute Gasteiger partial charge is 0.330 e. The van der Waals surface area contributed by atoms with Crippen molar-refractivity contribution in [1.82, 2.24) is 9.80 Å². The molecule has 1 aliphatic heterocycles. The molecule has 0 unspecified atom stereocenters. The lowest BCUT2D eigenvalue weighted by Crippen LogP contribution is -2.35. The van der Waals surface area contributed by atoms with E-state index < -0.39 is 0 Å². The third-order valence-corrected chi connectivity index (χ3v) is 3.50. The lowest BCUT2D eigenvalue weighted by Gasteiger charge is -2.27. The first-order chi connectivity index (χ1) is 7.74. The van der Waals surface area contributed by atoms with Crippen molar-refractivity contribution in [2.24, 2.45) is 5.73 Å². The van der Waals surface area contributed by atoms with Crippen LogP contribution in [0.1, 0.15) is 39.5 Å². The summed E-state index contributed by atoms with van der Waals surface area (Å²) in [6, 6.07) is 0.658. The molecule has 0 aromatic heterocycles. The van der Waals surface area contributed by atoms with Gasteiger partial charge in [-0.3, -0.25) is 0 Å². The van der Waals surface area contributed by atoms with Crippen LogP contribution in [-0.2, 0) is 0 Å². The summed E-state index contributed by atoms with van der Waals surface area (Å²) in [6.07, 6.45) is 5.24. The minimum atomic E-state index is 0.658. The van der Waals surface area contributed by atoms with E-state index >= 15 is 0 Å². The first-order valence-electron chi connectivity index (χ1n) is 6.90.